The summed E-state index contributed by atoms with van der Waals surface area (Å²) in [4.78, 5) is 35.1. The van der Waals surface area contributed by atoms with E-state index in [9.17, 15) is 14.4 Å². The second-order valence-corrected chi connectivity index (χ2v) is 5.87. The monoisotopic (exact) mass is 407 g/mol. The number of aryl methyl sites for hydroxylation is 1. The molecule has 0 aromatic heterocycles. The van der Waals surface area contributed by atoms with Crippen LogP contribution in [0.3, 0.4) is 0 Å². The van der Waals surface area contributed by atoms with Gasteiger partial charge in [-0.1, -0.05) is 44.2 Å². The summed E-state index contributed by atoms with van der Waals surface area (Å²) in [5.41, 5.74) is 8.04. The molecule has 3 N–H and O–H groups in total. The Hall–Kier alpha value is -1.27. The third-order valence-electron chi connectivity index (χ3n) is 3.50. The van der Waals surface area contributed by atoms with Gasteiger partial charge in [-0.15, -0.1) is 0 Å². The molecular formula is C17H24N3O3Y+2. The number of hydrogen-bond acceptors (Lipinski definition) is 3. The van der Waals surface area contributed by atoms with Crippen LogP contribution in [0, 0.1) is 5.92 Å². The van der Waals surface area contributed by atoms with Gasteiger partial charge >= 0.3 is 32.7 Å². The second kappa shape index (κ2) is 11.3. The number of amides is 3. The minimum atomic E-state index is -0.884. The van der Waals surface area contributed by atoms with Crippen LogP contribution in [-0.2, 0) is 53.5 Å². The predicted molar refractivity (Wildman–Crippen MR) is 88.5 cm³/mol. The summed E-state index contributed by atoms with van der Waals surface area (Å²) in [6.45, 7) is 5.08. The Morgan fingerprint density at radius 2 is 1.62 bits per heavy atom. The minimum absolute atomic E-state index is 0. The van der Waals surface area contributed by atoms with Gasteiger partial charge in [0.1, 0.15) is 6.04 Å². The Morgan fingerprint density at radius 3 is 2.12 bits per heavy atom. The number of benzene rings is 1. The largest absolute Gasteiger partial charge is 3.00 e. The molecule has 0 radical (unpaired) electrons. The number of carbonyl (C=O) groups excluding carboxylic acids is 3. The van der Waals surface area contributed by atoms with Crippen molar-refractivity contribution in [2.24, 2.45) is 5.92 Å². The molecule has 0 aliphatic heterocycles. The fourth-order valence-electron chi connectivity index (χ4n) is 2.05. The third-order valence-corrected chi connectivity index (χ3v) is 3.50. The van der Waals surface area contributed by atoms with Gasteiger partial charge in [-0.3, -0.25) is 9.59 Å². The molecule has 0 saturated carbocycles. The molecule has 0 spiro atoms. The maximum atomic E-state index is 12.1. The van der Waals surface area contributed by atoms with Crippen molar-refractivity contribution in [2.45, 2.75) is 45.7 Å². The molecule has 0 bridgehead atoms. The first kappa shape index (κ1) is 22.7. The molecule has 2 atom stereocenters. The van der Waals surface area contributed by atoms with Crippen LogP contribution in [0.15, 0.2) is 30.3 Å². The maximum Gasteiger partial charge on any atom is 3.00 e. The molecule has 2 unspecified atom stereocenters. The van der Waals surface area contributed by atoms with E-state index in [-0.39, 0.29) is 51.0 Å². The zero-order chi connectivity index (χ0) is 17.4. The average molecular weight is 407 g/mol. The molecule has 1 aromatic carbocycles. The minimum Gasteiger partial charge on any atom is -0.666 e. The molecule has 6 nitrogen and oxygen atoms in total. The van der Waals surface area contributed by atoms with Crippen molar-refractivity contribution < 1.29 is 47.1 Å². The Bertz CT molecular complexity index is 549. The summed E-state index contributed by atoms with van der Waals surface area (Å²) in [7, 11) is 0. The van der Waals surface area contributed by atoms with Crippen LogP contribution in [0.25, 0.3) is 5.73 Å². The SMILES string of the molecule is CC(NC(=O)C(NC(=O)CCc1ccccc1)C(C)C)C([NH-])=O.[Y+3]. The summed E-state index contributed by atoms with van der Waals surface area (Å²) in [6, 6.07) is 8.03. The Balaban J connectivity index is 0.00000529. The van der Waals surface area contributed by atoms with E-state index in [1.165, 1.54) is 6.92 Å². The summed E-state index contributed by atoms with van der Waals surface area (Å²) < 4.78 is 0. The molecule has 126 valence electrons. The molecule has 1 aromatic rings. The van der Waals surface area contributed by atoms with Gasteiger partial charge in [0, 0.05) is 6.42 Å². The number of carbonyl (C=O) groups is 3. The smallest absolute Gasteiger partial charge is 0.666 e. The van der Waals surface area contributed by atoms with E-state index in [4.69, 9.17) is 5.73 Å². The third kappa shape index (κ3) is 8.02. The van der Waals surface area contributed by atoms with Crippen molar-refractivity contribution in [2.75, 3.05) is 0 Å². The van der Waals surface area contributed by atoms with Gasteiger partial charge in [0.05, 0.1) is 11.9 Å². The number of hydrogen-bond donors (Lipinski definition) is 2. The molecule has 7 heteroatoms. The molecule has 0 aliphatic rings. The normalized spacial score (nSPS) is 12.7. The zero-order valence-electron chi connectivity index (χ0n) is 14.3. The first-order valence-corrected chi connectivity index (χ1v) is 7.70. The Morgan fingerprint density at radius 1 is 1.04 bits per heavy atom. The van der Waals surface area contributed by atoms with Gasteiger partial charge in [-0.2, -0.15) is 0 Å². The van der Waals surface area contributed by atoms with Gasteiger partial charge in [0.2, 0.25) is 11.8 Å². The fourth-order valence-corrected chi connectivity index (χ4v) is 2.05. The van der Waals surface area contributed by atoms with Crippen LogP contribution in [0.2, 0.25) is 0 Å². The molecular weight excluding hydrogens is 383 g/mol. The van der Waals surface area contributed by atoms with Crippen molar-refractivity contribution in [1.29, 1.82) is 0 Å². The van der Waals surface area contributed by atoms with Gasteiger partial charge in [0.25, 0.3) is 0 Å². The average Bonchev–Trinajstić information content (AvgIpc) is 2.51. The van der Waals surface area contributed by atoms with E-state index in [2.05, 4.69) is 10.6 Å². The summed E-state index contributed by atoms with van der Waals surface area (Å²) >= 11 is 0. The van der Waals surface area contributed by atoms with Gasteiger partial charge in [-0.05, 0) is 24.8 Å². The van der Waals surface area contributed by atoms with E-state index in [1.807, 2.05) is 44.2 Å². The molecule has 0 fully saturated rings. The molecule has 1 rings (SSSR count). The van der Waals surface area contributed by atoms with Crippen LogP contribution >= 0.6 is 0 Å². The van der Waals surface area contributed by atoms with Crippen molar-refractivity contribution in [3.05, 3.63) is 41.6 Å². The van der Waals surface area contributed by atoms with Gasteiger partial charge in [0.15, 0.2) is 0 Å². The Kier molecular flexibility index (Phi) is 10.7. The maximum absolute atomic E-state index is 12.1. The molecule has 0 heterocycles. The van der Waals surface area contributed by atoms with Crippen LogP contribution in [0.4, 0.5) is 0 Å². The first-order valence-electron chi connectivity index (χ1n) is 7.70. The van der Waals surface area contributed by atoms with E-state index in [1.54, 1.807) is 0 Å². The predicted octanol–water partition coefficient (Wildman–Crippen LogP) is 1.84. The summed E-state index contributed by atoms with van der Waals surface area (Å²) in [6.07, 6.45) is 0.883. The summed E-state index contributed by atoms with van der Waals surface area (Å²) in [5, 5.41) is 5.16. The van der Waals surface area contributed by atoms with Crippen molar-refractivity contribution in [3.8, 4) is 0 Å². The topological polar surface area (TPSA) is 99.1 Å². The Labute approximate surface area is 168 Å². The number of rotatable bonds is 8. The van der Waals surface area contributed by atoms with Gasteiger partial charge in [-0.25, -0.2) is 0 Å². The number of nitrogens with one attached hydrogen (secondary N) is 3. The van der Waals surface area contributed by atoms with E-state index in [0.29, 0.717) is 6.42 Å². The van der Waals surface area contributed by atoms with E-state index >= 15 is 0 Å². The summed E-state index contributed by atoms with van der Waals surface area (Å²) in [5.74, 6) is -1.64. The van der Waals surface area contributed by atoms with Crippen molar-refractivity contribution in [1.82, 2.24) is 10.6 Å². The molecule has 0 aliphatic carbocycles. The van der Waals surface area contributed by atoms with Crippen LogP contribution in [0.5, 0.6) is 0 Å². The van der Waals surface area contributed by atoms with E-state index in [0.717, 1.165) is 5.56 Å². The molecule has 3 amide bonds. The van der Waals surface area contributed by atoms with Crippen LogP contribution in [-0.4, -0.2) is 29.8 Å². The standard InChI is InChI=1S/C17H25N3O3.Y/c1-11(2)15(17(23)19-12(3)16(18)22)20-14(21)10-9-13-7-5-4-6-8-13;/h4-8,11-12,15H,9-10H2,1-3H3,(H4,18,19,20,21,22,23);/q;+3/p-1. The zero-order valence-corrected chi connectivity index (χ0v) is 17.2. The second-order valence-electron chi connectivity index (χ2n) is 5.87. The van der Waals surface area contributed by atoms with Crippen LogP contribution in [0.1, 0.15) is 32.8 Å². The van der Waals surface area contributed by atoms with Crippen molar-refractivity contribution >= 4 is 17.7 Å². The molecule has 0 saturated heterocycles. The fraction of sp³-hybridized carbons (Fsp3) is 0.471. The quantitative estimate of drug-likeness (QED) is 0.688. The first-order chi connectivity index (χ1) is 10.8. The van der Waals surface area contributed by atoms with Gasteiger partial charge < -0.3 is 21.2 Å². The van der Waals surface area contributed by atoms with Crippen LogP contribution < -0.4 is 10.6 Å². The van der Waals surface area contributed by atoms with Crippen molar-refractivity contribution in [3.63, 3.8) is 0 Å². The molecule has 24 heavy (non-hydrogen) atoms. The van der Waals surface area contributed by atoms with E-state index < -0.39 is 23.9 Å².